The van der Waals surface area contributed by atoms with E-state index in [2.05, 4.69) is 15.9 Å². The second kappa shape index (κ2) is 5.41. The lowest BCUT2D eigenvalue weighted by Gasteiger charge is -2.10. The number of carbonyl (C=O) groups excluding carboxylic acids is 1. The highest BCUT2D eigenvalue weighted by atomic mass is 79.9. The van der Waals surface area contributed by atoms with Gasteiger partial charge in [-0.25, -0.2) is 0 Å². The van der Waals surface area contributed by atoms with Crippen LogP contribution in [0.4, 0.5) is 5.69 Å². The SMILES string of the molecule is CC(=O)C(Br)c1ccc([N+](=O)[O-])cc1CCl. The number of ketones is 1. The highest BCUT2D eigenvalue weighted by Crippen LogP contribution is 2.30. The molecule has 16 heavy (non-hydrogen) atoms. The maximum atomic E-state index is 11.2. The van der Waals surface area contributed by atoms with Crippen LogP contribution in [-0.2, 0) is 10.7 Å². The van der Waals surface area contributed by atoms with Crippen LogP contribution in [0, 0.1) is 10.1 Å². The van der Waals surface area contributed by atoms with Crippen molar-refractivity contribution >= 4 is 39.0 Å². The second-order valence-corrected chi connectivity index (χ2v) is 4.43. The van der Waals surface area contributed by atoms with Gasteiger partial charge in [0, 0.05) is 18.0 Å². The van der Waals surface area contributed by atoms with Crippen molar-refractivity contribution in [2.24, 2.45) is 0 Å². The van der Waals surface area contributed by atoms with Crippen molar-refractivity contribution in [1.82, 2.24) is 0 Å². The van der Waals surface area contributed by atoms with Gasteiger partial charge in [-0.3, -0.25) is 14.9 Å². The molecule has 1 rings (SSSR count). The molecule has 1 aromatic rings. The topological polar surface area (TPSA) is 60.2 Å². The van der Waals surface area contributed by atoms with E-state index in [-0.39, 0.29) is 17.4 Å². The van der Waals surface area contributed by atoms with Gasteiger partial charge in [-0.1, -0.05) is 22.0 Å². The third-order valence-corrected chi connectivity index (χ3v) is 3.54. The summed E-state index contributed by atoms with van der Waals surface area (Å²) < 4.78 is 0. The summed E-state index contributed by atoms with van der Waals surface area (Å²) >= 11 is 8.93. The zero-order valence-electron chi connectivity index (χ0n) is 8.44. The highest BCUT2D eigenvalue weighted by molar-refractivity contribution is 9.09. The van der Waals surface area contributed by atoms with Crippen molar-refractivity contribution in [1.29, 1.82) is 0 Å². The van der Waals surface area contributed by atoms with Crippen LogP contribution < -0.4 is 0 Å². The molecule has 1 aromatic carbocycles. The van der Waals surface area contributed by atoms with Gasteiger partial charge in [0.05, 0.1) is 9.75 Å². The molecular formula is C10H9BrClNO3. The minimum Gasteiger partial charge on any atom is -0.298 e. The average Bonchev–Trinajstić information content (AvgIpc) is 2.26. The number of halogens is 2. The Kier molecular flexibility index (Phi) is 4.44. The Labute approximate surface area is 106 Å². The van der Waals surface area contributed by atoms with E-state index in [0.29, 0.717) is 11.1 Å². The largest absolute Gasteiger partial charge is 0.298 e. The van der Waals surface area contributed by atoms with Gasteiger partial charge in [0.2, 0.25) is 0 Å². The number of non-ortho nitro benzene ring substituents is 1. The van der Waals surface area contributed by atoms with Gasteiger partial charge >= 0.3 is 0 Å². The van der Waals surface area contributed by atoms with Crippen LogP contribution in [0.5, 0.6) is 0 Å². The summed E-state index contributed by atoms with van der Waals surface area (Å²) in [5.41, 5.74) is 1.24. The molecule has 0 saturated heterocycles. The van der Waals surface area contributed by atoms with Crippen LogP contribution in [0.1, 0.15) is 22.9 Å². The van der Waals surface area contributed by atoms with Crippen molar-refractivity contribution < 1.29 is 9.72 Å². The summed E-state index contributed by atoms with van der Waals surface area (Å²) in [5.74, 6) is 0.0621. The molecule has 0 aliphatic carbocycles. The van der Waals surface area contributed by atoms with E-state index in [4.69, 9.17) is 11.6 Å². The summed E-state index contributed by atoms with van der Waals surface area (Å²) in [6, 6.07) is 4.30. The molecule has 0 saturated carbocycles. The normalized spacial score (nSPS) is 12.2. The third kappa shape index (κ3) is 2.80. The van der Waals surface area contributed by atoms with Gasteiger partial charge in [-0.2, -0.15) is 0 Å². The van der Waals surface area contributed by atoms with Crippen molar-refractivity contribution in [2.45, 2.75) is 17.6 Å². The van der Waals surface area contributed by atoms with Crippen LogP contribution in [0.2, 0.25) is 0 Å². The Morgan fingerprint density at radius 2 is 2.25 bits per heavy atom. The van der Waals surface area contributed by atoms with Crippen LogP contribution in [0.15, 0.2) is 18.2 Å². The van der Waals surface area contributed by atoms with E-state index in [0.717, 1.165) is 0 Å². The highest BCUT2D eigenvalue weighted by Gasteiger charge is 2.18. The number of nitrogens with zero attached hydrogens (tertiary/aromatic N) is 1. The van der Waals surface area contributed by atoms with Crippen LogP contribution in [-0.4, -0.2) is 10.7 Å². The quantitative estimate of drug-likeness (QED) is 0.487. The molecule has 0 N–H and O–H groups in total. The molecule has 1 unspecified atom stereocenters. The Hall–Kier alpha value is -0.940. The number of nitro benzene ring substituents is 1. The average molecular weight is 307 g/mol. The fourth-order valence-corrected chi connectivity index (χ4v) is 1.97. The first-order valence-electron chi connectivity index (χ1n) is 4.45. The molecular weight excluding hydrogens is 297 g/mol. The maximum absolute atomic E-state index is 11.2. The maximum Gasteiger partial charge on any atom is 0.269 e. The first kappa shape index (κ1) is 13.1. The lowest BCUT2D eigenvalue weighted by atomic mass is 10.0. The summed E-state index contributed by atoms with van der Waals surface area (Å²) in [6.45, 7) is 1.44. The summed E-state index contributed by atoms with van der Waals surface area (Å²) in [6.07, 6.45) is 0. The number of rotatable bonds is 4. The standard InChI is InChI=1S/C10H9BrClNO3/c1-6(14)10(11)9-3-2-8(13(15)16)4-7(9)5-12/h2-4,10H,5H2,1H3. The molecule has 1 atom stereocenters. The second-order valence-electron chi connectivity index (χ2n) is 3.25. The molecule has 0 aliphatic heterocycles. The number of nitro groups is 1. The lowest BCUT2D eigenvalue weighted by molar-refractivity contribution is -0.384. The van der Waals surface area contributed by atoms with E-state index in [1.807, 2.05) is 0 Å². The number of Topliss-reactive ketones (excluding diaryl/α,β-unsaturated/α-hetero) is 1. The predicted molar refractivity (Wildman–Crippen MR) is 65.0 cm³/mol. The Morgan fingerprint density at radius 3 is 2.69 bits per heavy atom. The molecule has 0 bridgehead atoms. The molecule has 0 spiro atoms. The van der Waals surface area contributed by atoms with E-state index in [1.165, 1.54) is 19.1 Å². The fraction of sp³-hybridized carbons (Fsp3) is 0.300. The van der Waals surface area contributed by atoms with Crippen molar-refractivity contribution in [3.05, 3.63) is 39.4 Å². The van der Waals surface area contributed by atoms with Crippen LogP contribution in [0.25, 0.3) is 0 Å². The molecule has 0 fully saturated rings. The molecule has 0 aliphatic rings. The summed E-state index contributed by atoms with van der Waals surface area (Å²) in [5, 5.41) is 10.6. The number of carbonyl (C=O) groups is 1. The summed E-state index contributed by atoms with van der Waals surface area (Å²) in [7, 11) is 0. The van der Waals surface area contributed by atoms with Crippen molar-refractivity contribution in [3.63, 3.8) is 0 Å². The van der Waals surface area contributed by atoms with E-state index in [9.17, 15) is 14.9 Å². The van der Waals surface area contributed by atoms with Crippen LogP contribution in [0.3, 0.4) is 0 Å². The van der Waals surface area contributed by atoms with Gasteiger partial charge in [0.1, 0.15) is 5.78 Å². The lowest BCUT2D eigenvalue weighted by Crippen LogP contribution is -2.04. The minimum absolute atomic E-state index is 0.0253. The number of benzene rings is 1. The molecule has 4 nitrogen and oxygen atoms in total. The van der Waals surface area contributed by atoms with E-state index >= 15 is 0 Å². The first-order valence-corrected chi connectivity index (χ1v) is 5.90. The number of hydrogen-bond donors (Lipinski definition) is 0. The van der Waals surface area contributed by atoms with Gasteiger partial charge in [-0.05, 0) is 18.1 Å². The smallest absolute Gasteiger partial charge is 0.269 e. The predicted octanol–water partition coefficient (Wildman–Crippen LogP) is 3.36. The monoisotopic (exact) mass is 305 g/mol. The van der Waals surface area contributed by atoms with Crippen LogP contribution >= 0.6 is 27.5 Å². The number of hydrogen-bond acceptors (Lipinski definition) is 3. The van der Waals surface area contributed by atoms with E-state index < -0.39 is 9.75 Å². The van der Waals surface area contributed by atoms with Crippen molar-refractivity contribution in [3.8, 4) is 0 Å². The molecule has 6 heteroatoms. The molecule has 0 aromatic heterocycles. The molecule has 0 radical (unpaired) electrons. The fourth-order valence-electron chi connectivity index (χ4n) is 1.29. The molecule has 86 valence electrons. The zero-order chi connectivity index (χ0) is 12.3. The van der Waals surface area contributed by atoms with Gasteiger partial charge in [0.15, 0.2) is 0 Å². The van der Waals surface area contributed by atoms with Crippen molar-refractivity contribution in [2.75, 3.05) is 0 Å². The third-order valence-electron chi connectivity index (χ3n) is 2.11. The van der Waals surface area contributed by atoms with Gasteiger partial charge in [-0.15, -0.1) is 11.6 Å². The van der Waals surface area contributed by atoms with Gasteiger partial charge < -0.3 is 0 Å². The molecule has 0 heterocycles. The zero-order valence-corrected chi connectivity index (χ0v) is 10.8. The van der Waals surface area contributed by atoms with Gasteiger partial charge in [0.25, 0.3) is 5.69 Å². The minimum atomic E-state index is -0.489. The number of alkyl halides is 2. The van der Waals surface area contributed by atoms with E-state index in [1.54, 1.807) is 6.07 Å². The first-order chi connectivity index (χ1) is 7.47. The Bertz CT molecular complexity index is 436. The Balaban J connectivity index is 3.21. The Morgan fingerprint density at radius 1 is 1.62 bits per heavy atom. The molecule has 0 amide bonds. The summed E-state index contributed by atoms with van der Waals surface area (Å²) in [4.78, 5) is 20.8.